The second-order valence-electron chi connectivity index (χ2n) is 4.46. The third kappa shape index (κ3) is 5.48. The number of carbonyl (C=O) groups excluding carboxylic acids is 1. The molecule has 0 aliphatic rings. The minimum atomic E-state index is -0.207. The van der Waals surface area contributed by atoms with Crippen LogP contribution in [0.2, 0.25) is 0 Å². The Bertz CT molecular complexity index is 393. The summed E-state index contributed by atoms with van der Waals surface area (Å²) in [7, 11) is 0. The summed E-state index contributed by atoms with van der Waals surface area (Å²) in [6.07, 6.45) is 2.14. The van der Waals surface area contributed by atoms with Crippen molar-refractivity contribution in [2.75, 3.05) is 31.6 Å². The van der Waals surface area contributed by atoms with Crippen molar-refractivity contribution in [3.8, 4) is 5.75 Å². The van der Waals surface area contributed by atoms with Crippen molar-refractivity contribution in [3.63, 3.8) is 0 Å². The third-order valence-corrected chi connectivity index (χ3v) is 2.91. The van der Waals surface area contributed by atoms with E-state index in [-0.39, 0.29) is 12.6 Å². The Kier molecular flexibility index (Phi) is 7.50. The number of nitrogens with one attached hydrogen (secondary N) is 1. The number of carbonyl (C=O) groups is 1. The van der Waals surface area contributed by atoms with E-state index in [1.54, 1.807) is 4.90 Å². The van der Waals surface area contributed by atoms with Gasteiger partial charge in [-0.1, -0.05) is 13.3 Å². The molecule has 112 valence electrons. The van der Waals surface area contributed by atoms with Crippen molar-refractivity contribution in [1.82, 2.24) is 4.90 Å². The quantitative estimate of drug-likeness (QED) is 0.720. The first-order valence-corrected chi connectivity index (χ1v) is 7.10. The molecule has 0 saturated heterocycles. The Morgan fingerprint density at radius 2 is 2.00 bits per heavy atom. The standard InChI is InChI=1S/C15H24N2O3/c1-3-5-12-20-14-8-6-13(7-9-14)16-15(19)17(4-2)10-11-18/h6-9,18H,3-5,10-12H2,1-2H3,(H,16,19). The van der Waals surface area contributed by atoms with E-state index in [2.05, 4.69) is 12.2 Å². The lowest BCUT2D eigenvalue weighted by Gasteiger charge is -2.20. The second kappa shape index (κ2) is 9.20. The molecule has 0 atom stereocenters. The van der Waals surface area contributed by atoms with Gasteiger partial charge in [-0.05, 0) is 37.6 Å². The number of benzene rings is 1. The fraction of sp³-hybridized carbons (Fsp3) is 0.533. The first-order chi connectivity index (χ1) is 9.71. The van der Waals surface area contributed by atoms with Crippen LogP contribution in [0.1, 0.15) is 26.7 Å². The Labute approximate surface area is 120 Å². The van der Waals surface area contributed by atoms with Crippen LogP contribution in [0.5, 0.6) is 5.75 Å². The molecule has 0 saturated carbocycles. The Morgan fingerprint density at radius 1 is 1.30 bits per heavy atom. The minimum Gasteiger partial charge on any atom is -0.494 e. The first kappa shape index (κ1) is 16.3. The number of urea groups is 1. The summed E-state index contributed by atoms with van der Waals surface area (Å²) in [5, 5.41) is 11.7. The summed E-state index contributed by atoms with van der Waals surface area (Å²) >= 11 is 0. The second-order valence-corrected chi connectivity index (χ2v) is 4.46. The Hall–Kier alpha value is -1.75. The van der Waals surface area contributed by atoms with E-state index in [1.165, 1.54) is 0 Å². The van der Waals surface area contributed by atoms with Crippen molar-refractivity contribution in [2.24, 2.45) is 0 Å². The zero-order valence-corrected chi connectivity index (χ0v) is 12.3. The van der Waals surface area contributed by atoms with Gasteiger partial charge in [-0.2, -0.15) is 0 Å². The number of ether oxygens (including phenoxy) is 1. The zero-order chi connectivity index (χ0) is 14.8. The maximum absolute atomic E-state index is 11.9. The molecule has 2 amide bonds. The fourth-order valence-electron chi connectivity index (χ4n) is 1.70. The smallest absolute Gasteiger partial charge is 0.321 e. The van der Waals surface area contributed by atoms with Crippen LogP contribution in [-0.4, -0.2) is 42.3 Å². The molecule has 0 aromatic heterocycles. The molecule has 0 aliphatic heterocycles. The highest BCUT2D eigenvalue weighted by Gasteiger charge is 2.10. The maximum Gasteiger partial charge on any atom is 0.321 e. The maximum atomic E-state index is 11.9. The monoisotopic (exact) mass is 280 g/mol. The molecule has 5 nitrogen and oxygen atoms in total. The number of amides is 2. The first-order valence-electron chi connectivity index (χ1n) is 7.10. The molecule has 0 spiro atoms. The Balaban J connectivity index is 2.49. The molecule has 0 fully saturated rings. The molecule has 2 N–H and O–H groups in total. The van der Waals surface area contributed by atoms with Crippen molar-refractivity contribution >= 4 is 11.7 Å². The van der Waals surface area contributed by atoms with Crippen LogP contribution in [0.4, 0.5) is 10.5 Å². The average Bonchev–Trinajstić information content (AvgIpc) is 2.46. The van der Waals surface area contributed by atoms with Gasteiger partial charge in [0.1, 0.15) is 5.75 Å². The van der Waals surface area contributed by atoms with Gasteiger partial charge in [-0.15, -0.1) is 0 Å². The lowest BCUT2D eigenvalue weighted by molar-refractivity contribution is 0.192. The molecule has 0 heterocycles. The summed E-state index contributed by atoms with van der Waals surface area (Å²) in [4.78, 5) is 13.4. The number of nitrogens with zero attached hydrogens (tertiary/aromatic N) is 1. The molecule has 5 heteroatoms. The number of unbranched alkanes of at least 4 members (excludes halogenated alkanes) is 1. The van der Waals surface area contributed by atoms with Crippen LogP contribution in [0.15, 0.2) is 24.3 Å². The number of aliphatic hydroxyl groups excluding tert-OH is 1. The van der Waals surface area contributed by atoms with Crippen LogP contribution in [0, 0.1) is 0 Å². The highest BCUT2D eigenvalue weighted by Crippen LogP contribution is 2.16. The normalized spacial score (nSPS) is 10.2. The predicted octanol–water partition coefficient (Wildman–Crippen LogP) is 2.71. The van der Waals surface area contributed by atoms with E-state index in [4.69, 9.17) is 9.84 Å². The van der Waals surface area contributed by atoms with Gasteiger partial charge in [0.05, 0.1) is 13.2 Å². The van der Waals surface area contributed by atoms with Crippen LogP contribution in [-0.2, 0) is 0 Å². The van der Waals surface area contributed by atoms with Crippen LogP contribution < -0.4 is 10.1 Å². The van der Waals surface area contributed by atoms with E-state index in [1.807, 2.05) is 31.2 Å². The van der Waals surface area contributed by atoms with Crippen LogP contribution in [0.3, 0.4) is 0 Å². The number of hydrogen-bond donors (Lipinski definition) is 2. The molecule has 0 unspecified atom stereocenters. The third-order valence-electron chi connectivity index (χ3n) is 2.91. The van der Waals surface area contributed by atoms with Gasteiger partial charge in [0.15, 0.2) is 0 Å². The number of rotatable bonds is 8. The van der Waals surface area contributed by atoms with E-state index >= 15 is 0 Å². The lowest BCUT2D eigenvalue weighted by atomic mass is 10.3. The number of hydrogen-bond acceptors (Lipinski definition) is 3. The summed E-state index contributed by atoms with van der Waals surface area (Å²) in [6, 6.07) is 7.10. The summed E-state index contributed by atoms with van der Waals surface area (Å²) < 4.78 is 5.56. The molecule has 1 rings (SSSR count). The van der Waals surface area contributed by atoms with Crippen LogP contribution >= 0.6 is 0 Å². The van der Waals surface area contributed by atoms with Crippen LogP contribution in [0.25, 0.3) is 0 Å². The lowest BCUT2D eigenvalue weighted by Crippen LogP contribution is -2.36. The number of likely N-dealkylation sites (N-methyl/N-ethyl adjacent to an activating group) is 1. The Morgan fingerprint density at radius 3 is 2.55 bits per heavy atom. The molecule has 0 aliphatic carbocycles. The molecule has 1 aromatic carbocycles. The number of aliphatic hydroxyl groups is 1. The molecule has 0 radical (unpaired) electrons. The summed E-state index contributed by atoms with van der Waals surface area (Å²) in [5.74, 6) is 0.805. The summed E-state index contributed by atoms with van der Waals surface area (Å²) in [5.41, 5.74) is 0.717. The van der Waals surface area contributed by atoms with E-state index < -0.39 is 0 Å². The van der Waals surface area contributed by atoms with Gasteiger partial charge >= 0.3 is 6.03 Å². The minimum absolute atomic E-state index is 0.0362. The highest BCUT2D eigenvalue weighted by atomic mass is 16.5. The van der Waals surface area contributed by atoms with E-state index in [0.717, 1.165) is 18.6 Å². The SMILES string of the molecule is CCCCOc1ccc(NC(=O)N(CC)CCO)cc1. The van der Waals surface area contributed by atoms with Gasteiger partial charge in [0.2, 0.25) is 0 Å². The molecular weight excluding hydrogens is 256 g/mol. The van der Waals surface area contributed by atoms with Gasteiger partial charge in [-0.25, -0.2) is 4.79 Å². The molecule has 0 bridgehead atoms. The average molecular weight is 280 g/mol. The van der Waals surface area contributed by atoms with Crippen molar-refractivity contribution < 1.29 is 14.6 Å². The van der Waals surface area contributed by atoms with Gasteiger partial charge in [0, 0.05) is 18.8 Å². The van der Waals surface area contributed by atoms with Crippen molar-refractivity contribution in [1.29, 1.82) is 0 Å². The van der Waals surface area contributed by atoms with Gasteiger partial charge < -0.3 is 20.1 Å². The van der Waals surface area contributed by atoms with E-state index in [0.29, 0.717) is 25.4 Å². The van der Waals surface area contributed by atoms with E-state index in [9.17, 15) is 4.79 Å². The van der Waals surface area contributed by atoms with Gasteiger partial charge in [0.25, 0.3) is 0 Å². The predicted molar refractivity (Wildman–Crippen MR) is 80.2 cm³/mol. The fourth-order valence-corrected chi connectivity index (χ4v) is 1.70. The van der Waals surface area contributed by atoms with Gasteiger partial charge in [-0.3, -0.25) is 0 Å². The number of anilines is 1. The van der Waals surface area contributed by atoms with Crippen molar-refractivity contribution in [2.45, 2.75) is 26.7 Å². The van der Waals surface area contributed by atoms with Crippen molar-refractivity contribution in [3.05, 3.63) is 24.3 Å². The molecule has 1 aromatic rings. The topological polar surface area (TPSA) is 61.8 Å². The molecular formula is C15H24N2O3. The zero-order valence-electron chi connectivity index (χ0n) is 12.3. The summed E-state index contributed by atoms with van der Waals surface area (Å²) in [6.45, 7) is 5.56. The molecule has 20 heavy (non-hydrogen) atoms. The highest BCUT2D eigenvalue weighted by molar-refractivity contribution is 5.89. The largest absolute Gasteiger partial charge is 0.494 e.